The molecule has 0 aromatic heterocycles. The van der Waals surface area contributed by atoms with Crippen molar-refractivity contribution in [3.05, 3.63) is 59.2 Å². The molecule has 1 atom stereocenters. The molecule has 11 nitrogen and oxygen atoms in total. The third-order valence-electron chi connectivity index (χ3n) is 6.23. The predicted molar refractivity (Wildman–Crippen MR) is 131 cm³/mol. The number of hydrogen-bond acceptors (Lipinski definition) is 7. The fraction of sp³-hybridized carbons (Fsp3) is 0.375. The molecule has 5 N–H and O–H groups in total. The number of nitrogens with two attached hydrogens (primary N) is 1. The highest BCUT2D eigenvalue weighted by Crippen LogP contribution is 2.28. The molecule has 0 spiro atoms. The number of sulfonamides is 1. The van der Waals surface area contributed by atoms with E-state index < -0.39 is 22.0 Å². The smallest absolute Gasteiger partial charge is 0.241 e. The maximum absolute atomic E-state index is 13.1. The zero-order valence-corrected chi connectivity index (χ0v) is 20.5. The Bertz CT molecular complexity index is 1260. The molecule has 192 valence electrons. The Kier molecular flexibility index (Phi) is 7.75. The van der Waals surface area contributed by atoms with Crippen molar-refractivity contribution < 1.29 is 28.0 Å². The van der Waals surface area contributed by atoms with Crippen LogP contribution in [0.1, 0.15) is 36.0 Å². The van der Waals surface area contributed by atoms with Gasteiger partial charge in [0, 0.05) is 25.1 Å². The lowest BCUT2D eigenvalue weighted by molar-refractivity contribution is -0.136. The number of amides is 2. The average molecular weight is 516 g/mol. The number of carbonyl (C=O) groups excluding carboxylic acids is 2. The summed E-state index contributed by atoms with van der Waals surface area (Å²) in [7, 11) is -3.93. The summed E-state index contributed by atoms with van der Waals surface area (Å²) in [6.07, 6.45) is 2.32. The number of ether oxygens (including phenoxy) is 1. The number of oxime groups is 1. The summed E-state index contributed by atoms with van der Waals surface area (Å²) in [6.45, 7) is 0.947. The second kappa shape index (κ2) is 11.0. The molecule has 2 heterocycles. The van der Waals surface area contributed by atoms with Crippen molar-refractivity contribution in [3.8, 4) is 5.75 Å². The van der Waals surface area contributed by atoms with Gasteiger partial charge in [-0.3, -0.25) is 9.59 Å². The van der Waals surface area contributed by atoms with Gasteiger partial charge in [-0.2, -0.15) is 4.72 Å². The maximum Gasteiger partial charge on any atom is 0.241 e. The monoisotopic (exact) mass is 515 g/mol. The molecule has 2 aliphatic rings. The van der Waals surface area contributed by atoms with Gasteiger partial charge in [-0.15, -0.1) is 0 Å². The molecule has 0 saturated carbocycles. The number of amidine groups is 1. The van der Waals surface area contributed by atoms with E-state index in [2.05, 4.69) is 15.2 Å². The van der Waals surface area contributed by atoms with Crippen LogP contribution >= 0.6 is 0 Å². The molecule has 1 fully saturated rings. The summed E-state index contributed by atoms with van der Waals surface area (Å²) in [5.41, 5.74) is 7.71. The first-order chi connectivity index (χ1) is 17.3. The topological polar surface area (TPSA) is 163 Å². The largest absolute Gasteiger partial charge is 0.493 e. The number of fused-ring (bicyclic) bond motifs is 1. The van der Waals surface area contributed by atoms with E-state index in [9.17, 15) is 18.0 Å². The van der Waals surface area contributed by atoms with Crippen LogP contribution in [0.2, 0.25) is 0 Å². The standard InChI is InChI=1S/C24H29N5O6S/c25-23(27-32)17-6-4-16(5-7-17)14-26-22(30)15-29-11-2-1-3-20(24(29)31)28-36(33,34)19-8-9-21-18(13-19)10-12-35-21/h4-9,13,20,28,32H,1-3,10-12,14-15H2,(H2,25,27)(H,26,30)/t20-/m0/s1. The summed E-state index contributed by atoms with van der Waals surface area (Å²) < 4.78 is 34.0. The molecule has 0 radical (unpaired) electrons. The van der Waals surface area contributed by atoms with Gasteiger partial charge in [0.15, 0.2) is 5.84 Å². The van der Waals surface area contributed by atoms with E-state index in [1.807, 2.05) is 0 Å². The van der Waals surface area contributed by atoms with Gasteiger partial charge >= 0.3 is 0 Å². The Morgan fingerprint density at radius 3 is 2.72 bits per heavy atom. The maximum atomic E-state index is 13.1. The third-order valence-corrected chi connectivity index (χ3v) is 7.70. The van der Waals surface area contributed by atoms with E-state index in [4.69, 9.17) is 15.7 Å². The summed E-state index contributed by atoms with van der Waals surface area (Å²) in [6, 6.07) is 10.5. The molecule has 36 heavy (non-hydrogen) atoms. The molecular weight excluding hydrogens is 486 g/mol. The van der Waals surface area contributed by atoms with Crippen molar-refractivity contribution in [2.75, 3.05) is 19.7 Å². The van der Waals surface area contributed by atoms with Crippen LogP contribution in [0.4, 0.5) is 0 Å². The number of rotatable bonds is 8. The lowest BCUT2D eigenvalue weighted by Crippen LogP contribution is -2.49. The van der Waals surface area contributed by atoms with Crippen LogP contribution in [0.5, 0.6) is 5.75 Å². The van der Waals surface area contributed by atoms with Crippen LogP contribution in [0.15, 0.2) is 52.5 Å². The SMILES string of the molecule is NC(=NO)c1ccc(CNC(=O)CN2CCCC[C@H](NS(=O)(=O)c3ccc4c(c3)CCO4)C2=O)cc1. The van der Waals surface area contributed by atoms with Crippen molar-refractivity contribution >= 4 is 27.7 Å². The Morgan fingerprint density at radius 2 is 1.97 bits per heavy atom. The van der Waals surface area contributed by atoms with Crippen LogP contribution in [0.25, 0.3) is 0 Å². The van der Waals surface area contributed by atoms with E-state index in [0.717, 1.165) is 11.1 Å². The minimum atomic E-state index is -3.93. The highest BCUT2D eigenvalue weighted by Gasteiger charge is 2.32. The van der Waals surface area contributed by atoms with Crippen LogP contribution < -0.4 is 20.5 Å². The Morgan fingerprint density at radius 1 is 1.19 bits per heavy atom. The molecule has 0 unspecified atom stereocenters. The number of likely N-dealkylation sites (tertiary alicyclic amines) is 1. The van der Waals surface area contributed by atoms with Crippen LogP contribution in [0, 0.1) is 0 Å². The van der Waals surface area contributed by atoms with Crippen LogP contribution in [-0.2, 0) is 32.6 Å². The van der Waals surface area contributed by atoms with Crippen molar-refractivity contribution in [2.24, 2.45) is 10.9 Å². The Hall–Kier alpha value is -3.64. The summed E-state index contributed by atoms with van der Waals surface area (Å²) >= 11 is 0. The van der Waals surface area contributed by atoms with Gasteiger partial charge in [-0.1, -0.05) is 29.4 Å². The van der Waals surface area contributed by atoms with Crippen molar-refractivity contribution in [1.29, 1.82) is 0 Å². The lowest BCUT2D eigenvalue weighted by Gasteiger charge is -2.24. The number of carbonyl (C=O) groups is 2. The van der Waals surface area contributed by atoms with Gasteiger partial charge < -0.3 is 25.9 Å². The second-order valence-electron chi connectivity index (χ2n) is 8.76. The summed E-state index contributed by atoms with van der Waals surface area (Å²) in [5, 5.41) is 14.4. The van der Waals surface area contributed by atoms with Gasteiger partial charge in [-0.05, 0) is 48.6 Å². The molecule has 2 aromatic carbocycles. The highest BCUT2D eigenvalue weighted by molar-refractivity contribution is 7.89. The first-order valence-corrected chi connectivity index (χ1v) is 13.2. The fourth-order valence-corrected chi connectivity index (χ4v) is 5.51. The summed E-state index contributed by atoms with van der Waals surface area (Å²) in [4.78, 5) is 27.2. The van der Waals surface area contributed by atoms with Crippen molar-refractivity contribution in [1.82, 2.24) is 14.9 Å². The number of nitrogens with one attached hydrogen (secondary N) is 2. The van der Waals surface area contributed by atoms with Crippen molar-refractivity contribution in [2.45, 2.75) is 43.2 Å². The zero-order chi connectivity index (χ0) is 25.7. The number of benzene rings is 2. The van der Waals surface area contributed by atoms with E-state index >= 15 is 0 Å². The van der Waals surface area contributed by atoms with Crippen LogP contribution in [0.3, 0.4) is 0 Å². The Labute approximate surface area is 209 Å². The molecule has 2 aliphatic heterocycles. The quantitative estimate of drug-likeness (QED) is 0.174. The number of hydrogen-bond donors (Lipinski definition) is 4. The first kappa shape index (κ1) is 25.5. The van der Waals surface area contributed by atoms with Crippen molar-refractivity contribution in [3.63, 3.8) is 0 Å². The average Bonchev–Trinajstić information content (AvgIpc) is 3.29. The van der Waals surface area contributed by atoms with Gasteiger partial charge in [0.05, 0.1) is 18.0 Å². The molecule has 0 bridgehead atoms. The molecule has 0 aliphatic carbocycles. The van der Waals surface area contributed by atoms with Gasteiger partial charge in [0.2, 0.25) is 21.8 Å². The van der Waals surface area contributed by atoms with E-state index in [1.54, 1.807) is 36.4 Å². The van der Waals surface area contributed by atoms with E-state index in [0.29, 0.717) is 50.1 Å². The minimum Gasteiger partial charge on any atom is -0.493 e. The fourth-order valence-electron chi connectivity index (χ4n) is 4.24. The normalized spacial score (nSPS) is 18.3. The third kappa shape index (κ3) is 5.94. The van der Waals surface area contributed by atoms with Gasteiger partial charge in [0.25, 0.3) is 0 Å². The van der Waals surface area contributed by atoms with Crippen LogP contribution in [-0.4, -0.2) is 61.9 Å². The first-order valence-electron chi connectivity index (χ1n) is 11.7. The number of nitrogens with zero attached hydrogens (tertiary/aromatic N) is 2. The predicted octanol–water partition coefficient (Wildman–Crippen LogP) is 0.692. The molecule has 4 rings (SSSR count). The molecule has 1 saturated heterocycles. The second-order valence-corrected chi connectivity index (χ2v) is 10.5. The molecule has 12 heteroatoms. The van der Waals surface area contributed by atoms with Gasteiger partial charge in [-0.25, -0.2) is 8.42 Å². The van der Waals surface area contributed by atoms with Gasteiger partial charge in [0.1, 0.15) is 11.8 Å². The summed E-state index contributed by atoms with van der Waals surface area (Å²) in [5.74, 6) is -0.110. The lowest BCUT2D eigenvalue weighted by atomic mass is 10.1. The highest BCUT2D eigenvalue weighted by atomic mass is 32.2. The van der Waals surface area contributed by atoms with E-state index in [1.165, 1.54) is 11.0 Å². The molecular formula is C24H29N5O6S. The minimum absolute atomic E-state index is 0.0133. The Balaban J connectivity index is 1.35. The molecule has 2 aromatic rings. The molecule has 2 amide bonds. The van der Waals surface area contributed by atoms with E-state index in [-0.39, 0.29) is 29.7 Å². The zero-order valence-electron chi connectivity index (χ0n) is 19.6.